The van der Waals surface area contributed by atoms with Crippen LogP contribution in [0.5, 0.6) is 0 Å². The van der Waals surface area contributed by atoms with Crippen LogP contribution in [0.15, 0.2) is 24.3 Å². The Morgan fingerprint density at radius 3 is 2.30 bits per heavy atom. The van der Waals surface area contributed by atoms with Gasteiger partial charge in [0.1, 0.15) is 5.82 Å². The molecule has 0 atom stereocenters. The summed E-state index contributed by atoms with van der Waals surface area (Å²) in [5, 5.41) is 0. The van der Waals surface area contributed by atoms with Crippen molar-refractivity contribution >= 4 is 11.8 Å². The van der Waals surface area contributed by atoms with Crippen LogP contribution in [0.3, 0.4) is 0 Å². The summed E-state index contributed by atoms with van der Waals surface area (Å²) in [5.41, 5.74) is 0.976. The fourth-order valence-corrected chi connectivity index (χ4v) is 2.28. The van der Waals surface area contributed by atoms with Gasteiger partial charge in [-0.25, -0.2) is 4.39 Å². The van der Waals surface area contributed by atoms with E-state index < -0.39 is 0 Å². The molecule has 0 aliphatic rings. The van der Waals surface area contributed by atoms with Gasteiger partial charge in [-0.2, -0.15) is 0 Å². The maximum Gasteiger partial charge on any atom is 0.224 e. The first kappa shape index (κ1) is 19.1. The highest BCUT2D eigenvalue weighted by Gasteiger charge is 2.13. The summed E-state index contributed by atoms with van der Waals surface area (Å²) in [7, 11) is 1.80. The van der Waals surface area contributed by atoms with Crippen LogP contribution in [0.1, 0.15) is 38.7 Å². The van der Waals surface area contributed by atoms with Crippen LogP contribution in [0, 0.1) is 5.82 Å². The maximum atomic E-state index is 12.9. The Hall–Kier alpha value is -1.91. The van der Waals surface area contributed by atoms with E-state index in [2.05, 4.69) is 6.92 Å². The van der Waals surface area contributed by atoms with E-state index >= 15 is 0 Å². The van der Waals surface area contributed by atoms with Crippen molar-refractivity contribution in [3.8, 4) is 0 Å². The van der Waals surface area contributed by atoms with Crippen molar-refractivity contribution in [1.29, 1.82) is 0 Å². The fraction of sp³-hybridized carbons (Fsp3) is 0.556. The van der Waals surface area contributed by atoms with Crippen LogP contribution in [-0.2, 0) is 16.0 Å². The molecule has 0 saturated heterocycles. The quantitative estimate of drug-likeness (QED) is 0.701. The molecular formula is C18H27FN2O2. The molecule has 5 heteroatoms. The molecule has 128 valence electrons. The number of hydrogen-bond donors (Lipinski definition) is 0. The van der Waals surface area contributed by atoms with Crippen LogP contribution >= 0.6 is 0 Å². The zero-order valence-electron chi connectivity index (χ0n) is 14.3. The summed E-state index contributed by atoms with van der Waals surface area (Å²) in [4.78, 5) is 27.1. The van der Waals surface area contributed by atoms with Crippen molar-refractivity contribution < 1.29 is 14.0 Å². The van der Waals surface area contributed by atoms with Gasteiger partial charge in [-0.05, 0) is 30.5 Å². The Labute approximate surface area is 138 Å². The van der Waals surface area contributed by atoms with Crippen molar-refractivity contribution in [2.24, 2.45) is 0 Å². The average molecular weight is 322 g/mol. The molecule has 1 aromatic carbocycles. The predicted octanol–water partition coefficient (Wildman–Crippen LogP) is 2.87. The van der Waals surface area contributed by atoms with E-state index in [1.54, 1.807) is 29.0 Å². The molecule has 0 aromatic heterocycles. The first-order valence-electron chi connectivity index (χ1n) is 8.18. The number of unbranched alkanes of at least 4 members (excludes halogenated alkanes) is 1. The third-order valence-corrected chi connectivity index (χ3v) is 3.90. The van der Waals surface area contributed by atoms with Crippen molar-refractivity contribution in [2.45, 2.75) is 39.5 Å². The Kier molecular flexibility index (Phi) is 8.30. The van der Waals surface area contributed by atoms with E-state index in [9.17, 15) is 14.0 Å². The smallest absolute Gasteiger partial charge is 0.224 e. The molecule has 0 radical (unpaired) electrons. The van der Waals surface area contributed by atoms with Gasteiger partial charge < -0.3 is 9.80 Å². The zero-order valence-corrected chi connectivity index (χ0v) is 14.3. The molecule has 0 spiro atoms. The first-order chi connectivity index (χ1) is 10.9. The highest BCUT2D eigenvalue weighted by atomic mass is 19.1. The average Bonchev–Trinajstić information content (AvgIpc) is 2.53. The lowest BCUT2D eigenvalue weighted by Crippen LogP contribution is -2.36. The lowest BCUT2D eigenvalue weighted by atomic mass is 10.1. The summed E-state index contributed by atoms with van der Waals surface area (Å²) in [5.74, 6) is -0.250. The minimum atomic E-state index is -0.266. The number of nitrogens with zero attached hydrogens (tertiary/aromatic N) is 2. The van der Waals surface area contributed by atoms with Gasteiger partial charge in [0.25, 0.3) is 0 Å². The molecule has 0 heterocycles. The summed E-state index contributed by atoms with van der Waals surface area (Å²) in [6.45, 7) is 5.31. The minimum Gasteiger partial charge on any atom is -0.346 e. The molecule has 23 heavy (non-hydrogen) atoms. The number of carbonyl (C=O) groups excluding carboxylic acids is 2. The minimum absolute atomic E-state index is 0.0453. The third kappa shape index (κ3) is 7.26. The van der Waals surface area contributed by atoms with E-state index in [1.807, 2.05) is 0 Å². The zero-order chi connectivity index (χ0) is 17.2. The fourth-order valence-electron chi connectivity index (χ4n) is 2.28. The molecule has 0 bridgehead atoms. The van der Waals surface area contributed by atoms with Crippen molar-refractivity contribution in [3.05, 3.63) is 35.6 Å². The molecule has 1 aromatic rings. The molecule has 0 fully saturated rings. The standard InChI is InChI=1S/C18H27FN2O2/c1-4-5-12-20(3)18(23)11-14-21(15(2)22)13-10-16-6-8-17(19)9-7-16/h6-9H,4-5,10-14H2,1-3H3. The number of halogens is 1. The lowest BCUT2D eigenvalue weighted by Gasteiger charge is -2.23. The predicted molar refractivity (Wildman–Crippen MR) is 89.5 cm³/mol. The number of carbonyl (C=O) groups is 2. The summed E-state index contributed by atoms with van der Waals surface area (Å²) < 4.78 is 12.9. The summed E-state index contributed by atoms with van der Waals surface area (Å²) in [6, 6.07) is 6.27. The van der Waals surface area contributed by atoms with Gasteiger partial charge in [0.2, 0.25) is 11.8 Å². The lowest BCUT2D eigenvalue weighted by molar-refractivity contribution is -0.132. The second kappa shape index (κ2) is 9.98. The molecule has 4 nitrogen and oxygen atoms in total. The van der Waals surface area contributed by atoms with Gasteiger partial charge in [-0.3, -0.25) is 9.59 Å². The van der Waals surface area contributed by atoms with Gasteiger partial charge in [-0.1, -0.05) is 25.5 Å². The molecule has 0 N–H and O–H groups in total. The molecule has 0 unspecified atom stereocenters. The SMILES string of the molecule is CCCCN(C)C(=O)CCN(CCc1ccc(F)cc1)C(C)=O. The highest BCUT2D eigenvalue weighted by Crippen LogP contribution is 2.06. The second-order valence-electron chi connectivity index (χ2n) is 5.80. The number of rotatable bonds is 9. The Morgan fingerprint density at radius 1 is 1.09 bits per heavy atom. The van der Waals surface area contributed by atoms with E-state index in [4.69, 9.17) is 0 Å². The van der Waals surface area contributed by atoms with Gasteiger partial charge in [0, 0.05) is 40.0 Å². The molecule has 0 aliphatic heterocycles. The third-order valence-electron chi connectivity index (χ3n) is 3.90. The Bertz CT molecular complexity index is 502. The maximum absolute atomic E-state index is 12.9. The van der Waals surface area contributed by atoms with Gasteiger partial charge >= 0.3 is 0 Å². The second-order valence-corrected chi connectivity index (χ2v) is 5.80. The molecular weight excluding hydrogens is 295 g/mol. The van der Waals surface area contributed by atoms with Gasteiger partial charge in [-0.15, -0.1) is 0 Å². The summed E-state index contributed by atoms with van der Waals surface area (Å²) >= 11 is 0. The largest absolute Gasteiger partial charge is 0.346 e. The first-order valence-corrected chi connectivity index (χ1v) is 8.18. The number of hydrogen-bond acceptors (Lipinski definition) is 2. The van der Waals surface area contributed by atoms with Crippen LogP contribution in [0.25, 0.3) is 0 Å². The van der Waals surface area contributed by atoms with Crippen molar-refractivity contribution in [2.75, 3.05) is 26.7 Å². The monoisotopic (exact) mass is 322 g/mol. The molecule has 2 amide bonds. The summed E-state index contributed by atoms with van der Waals surface area (Å²) in [6.07, 6.45) is 3.03. The molecule has 1 rings (SSSR count). The molecule has 0 aliphatic carbocycles. The number of benzene rings is 1. The van der Waals surface area contributed by atoms with Crippen LogP contribution < -0.4 is 0 Å². The Morgan fingerprint density at radius 2 is 1.74 bits per heavy atom. The van der Waals surface area contributed by atoms with Crippen LogP contribution in [0.4, 0.5) is 4.39 Å². The normalized spacial score (nSPS) is 10.4. The number of amides is 2. The topological polar surface area (TPSA) is 40.6 Å². The van der Waals surface area contributed by atoms with E-state index in [-0.39, 0.29) is 17.6 Å². The highest BCUT2D eigenvalue weighted by molar-refractivity contribution is 5.78. The Balaban J connectivity index is 2.44. The van der Waals surface area contributed by atoms with Crippen molar-refractivity contribution in [3.63, 3.8) is 0 Å². The van der Waals surface area contributed by atoms with E-state index in [0.29, 0.717) is 25.9 Å². The van der Waals surface area contributed by atoms with E-state index in [0.717, 1.165) is 24.9 Å². The van der Waals surface area contributed by atoms with Crippen LogP contribution in [0.2, 0.25) is 0 Å². The van der Waals surface area contributed by atoms with Crippen LogP contribution in [-0.4, -0.2) is 48.3 Å². The van der Waals surface area contributed by atoms with E-state index in [1.165, 1.54) is 19.1 Å². The van der Waals surface area contributed by atoms with Gasteiger partial charge in [0.15, 0.2) is 0 Å². The van der Waals surface area contributed by atoms with Crippen molar-refractivity contribution in [1.82, 2.24) is 9.80 Å². The van der Waals surface area contributed by atoms with Gasteiger partial charge in [0.05, 0.1) is 0 Å². The molecule has 0 saturated carbocycles.